The molecule has 5 heteroatoms. The van der Waals surface area contributed by atoms with Gasteiger partial charge in [-0.25, -0.2) is 4.98 Å². The van der Waals surface area contributed by atoms with Gasteiger partial charge in [-0.2, -0.15) is 0 Å². The number of hydrogen-bond acceptors (Lipinski definition) is 3. The van der Waals surface area contributed by atoms with Crippen molar-refractivity contribution < 1.29 is 4.79 Å². The van der Waals surface area contributed by atoms with Crippen molar-refractivity contribution in [2.24, 2.45) is 0 Å². The Kier molecular flexibility index (Phi) is 4.81. The Morgan fingerprint density at radius 1 is 0.929 bits per heavy atom. The lowest BCUT2D eigenvalue weighted by atomic mass is 10.2. The molecular weight excluding hydrogens is 348 g/mol. The van der Waals surface area contributed by atoms with Gasteiger partial charge in [0.25, 0.3) is 5.91 Å². The van der Waals surface area contributed by atoms with Crippen molar-refractivity contribution in [3.8, 4) is 0 Å². The van der Waals surface area contributed by atoms with E-state index in [0.29, 0.717) is 5.56 Å². The number of aromatic nitrogens is 2. The molecule has 0 radical (unpaired) electrons. The highest BCUT2D eigenvalue weighted by Crippen LogP contribution is 2.20. The van der Waals surface area contributed by atoms with Crippen LogP contribution in [0.4, 0.5) is 17.1 Å². The van der Waals surface area contributed by atoms with Gasteiger partial charge in [-0.15, -0.1) is 0 Å². The number of nitrogens with one attached hydrogen (secondary N) is 2. The number of benzene rings is 2. The van der Waals surface area contributed by atoms with E-state index in [0.717, 1.165) is 40.5 Å². The molecule has 2 heterocycles. The van der Waals surface area contributed by atoms with E-state index in [1.165, 1.54) is 0 Å². The van der Waals surface area contributed by atoms with Crippen LogP contribution >= 0.6 is 0 Å². The van der Waals surface area contributed by atoms with Crippen molar-refractivity contribution in [3.05, 3.63) is 89.9 Å². The van der Waals surface area contributed by atoms with E-state index in [1.54, 1.807) is 0 Å². The van der Waals surface area contributed by atoms with E-state index in [1.807, 2.05) is 84.3 Å². The molecule has 0 saturated heterocycles. The molecular formula is C23H22N4O. The summed E-state index contributed by atoms with van der Waals surface area (Å²) in [5, 5.41) is 6.28. The zero-order chi connectivity index (χ0) is 19.5. The summed E-state index contributed by atoms with van der Waals surface area (Å²) in [6, 6.07) is 21.3. The molecule has 0 aliphatic heterocycles. The monoisotopic (exact) mass is 370 g/mol. The summed E-state index contributed by atoms with van der Waals surface area (Å²) in [6.07, 6.45) is 2.72. The lowest BCUT2D eigenvalue weighted by molar-refractivity contribution is 0.102. The Morgan fingerprint density at radius 3 is 2.32 bits per heavy atom. The number of rotatable bonds is 5. The zero-order valence-corrected chi connectivity index (χ0v) is 15.9. The minimum absolute atomic E-state index is 0.142. The number of carbonyl (C=O) groups excluding carboxylic acids is 1. The zero-order valence-electron chi connectivity index (χ0n) is 15.9. The number of carbonyl (C=O) groups is 1. The van der Waals surface area contributed by atoms with Gasteiger partial charge in [0, 0.05) is 29.0 Å². The average Bonchev–Trinajstić information content (AvgIpc) is 3.05. The van der Waals surface area contributed by atoms with Gasteiger partial charge in [-0.3, -0.25) is 4.79 Å². The normalized spacial score (nSPS) is 10.8. The molecule has 2 aromatic heterocycles. The fraction of sp³-hybridized carbons (Fsp3) is 0.130. The third kappa shape index (κ3) is 3.60. The molecule has 2 aromatic carbocycles. The van der Waals surface area contributed by atoms with Crippen molar-refractivity contribution in [1.82, 2.24) is 9.38 Å². The first-order valence-corrected chi connectivity index (χ1v) is 9.35. The maximum absolute atomic E-state index is 12.7. The third-order valence-corrected chi connectivity index (χ3v) is 4.76. The standard InChI is InChI=1S/C23H22N4O/c1-3-21-16(2)27-15-17(9-14-22(27)26-21)23(28)25-20-12-10-19(11-13-20)24-18-7-5-4-6-8-18/h4-15,24H,3H2,1-2H3,(H,25,28). The molecule has 0 spiro atoms. The number of aryl methyl sites for hydroxylation is 2. The molecule has 1 amide bonds. The number of para-hydroxylation sites is 1. The van der Waals surface area contributed by atoms with Crippen LogP contribution in [0.1, 0.15) is 28.7 Å². The first-order chi connectivity index (χ1) is 13.6. The SMILES string of the molecule is CCc1nc2ccc(C(=O)Nc3ccc(Nc4ccccc4)cc3)cn2c1C. The highest BCUT2D eigenvalue weighted by atomic mass is 16.1. The summed E-state index contributed by atoms with van der Waals surface area (Å²) in [6.45, 7) is 4.11. The second-order valence-electron chi connectivity index (χ2n) is 6.67. The molecule has 4 aromatic rings. The quantitative estimate of drug-likeness (QED) is 0.507. The number of pyridine rings is 1. The maximum Gasteiger partial charge on any atom is 0.257 e. The van der Waals surface area contributed by atoms with Crippen LogP contribution < -0.4 is 10.6 Å². The molecule has 5 nitrogen and oxygen atoms in total. The number of nitrogens with zero attached hydrogens (tertiary/aromatic N) is 2. The molecule has 0 unspecified atom stereocenters. The van der Waals surface area contributed by atoms with E-state index in [4.69, 9.17) is 0 Å². The first kappa shape index (κ1) is 17.8. The molecule has 0 bridgehead atoms. The molecule has 28 heavy (non-hydrogen) atoms. The van der Waals surface area contributed by atoms with Crippen molar-refractivity contribution in [2.45, 2.75) is 20.3 Å². The van der Waals surface area contributed by atoms with Crippen molar-refractivity contribution in [2.75, 3.05) is 10.6 Å². The van der Waals surface area contributed by atoms with Gasteiger partial charge in [0.1, 0.15) is 5.65 Å². The minimum atomic E-state index is -0.142. The molecule has 0 fully saturated rings. The fourth-order valence-electron chi connectivity index (χ4n) is 3.21. The molecule has 0 atom stereocenters. The number of imidazole rings is 1. The molecule has 0 aliphatic rings. The molecule has 2 N–H and O–H groups in total. The van der Waals surface area contributed by atoms with E-state index < -0.39 is 0 Å². The Morgan fingerprint density at radius 2 is 1.61 bits per heavy atom. The predicted octanol–water partition coefficient (Wildman–Crippen LogP) is 5.20. The lowest BCUT2D eigenvalue weighted by Crippen LogP contribution is -2.12. The van der Waals surface area contributed by atoms with E-state index >= 15 is 0 Å². The average molecular weight is 370 g/mol. The van der Waals surface area contributed by atoms with Crippen molar-refractivity contribution >= 4 is 28.6 Å². The maximum atomic E-state index is 12.7. The van der Waals surface area contributed by atoms with Gasteiger partial charge in [0.05, 0.1) is 11.3 Å². The van der Waals surface area contributed by atoms with E-state index in [-0.39, 0.29) is 5.91 Å². The molecule has 4 rings (SSSR count). The van der Waals surface area contributed by atoms with Crippen molar-refractivity contribution in [1.29, 1.82) is 0 Å². The number of hydrogen-bond donors (Lipinski definition) is 2. The second kappa shape index (κ2) is 7.56. The van der Waals surface area contributed by atoms with Crippen LogP contribution in [0.15, 0.2) is 72.9 Å². The van der Waals surface area contributed by atoms with Gasteiger partial charge in [-0.05, 0) is 61.9 Å². The predicted molar refractivity (Wildman–Crippen MR) is 113 cm³/mol. The molecule has 140 valence electrons. The van der Waals surface area contributed by atoms with Crippen LogP contribution in [0.5, 0.6) is 0 Å². The minimum Gasteiger partial charge on any atom is -0.356 e. The first-order valence-electron chi connectivity index (χ1n) is 9.35. The largest absolute Gasteiger partial charge is 0.356 e. The van der Waals surface area contributed by atoms with Crippen molar-refractivity contribution in [3.63, 3.8) is 0 Å². The van der Waals surface area contributed by atoms with Crippen LogP contribution in [-0.4, -0.2) is 15.3 Å². The van der Waals surface area contributed by atoms with E-state index in [9.17, 15) is 4.79 Å². The lowest BCUT2D eigenvalue weighted by Gasteiger charge is -2.09. The van der Waals surface area contributed by atoms with Crippen LogP contribution in [0, 0.1) is 6.92 Å². The summed E-state index contributed by atoms with van der Waals surface area (Å²) in [5.74, 6) is -0.142. The Bertz CT molecular complexity index is 1110. The summed E-state index contributed by atoms with van der Waals surface area (Å²) < 4.78 is 1.97. The summed E-state index contributed by atoms with van der Waals surface area (Å²) in [5.41, 5.74) is 6.33. The summed E-state index contributed by atoms with van der Waals surface area (Å²) >= 11 is 0. The van der Waals surface area contributed by atoms with Gasteiger partial charge < -0.3 is 15.0 Å². The summed E-state index contributed by atoms with van der Waals surface area (Å²) in [7, 11) is 0. The second-order valence-corrected chi connectivity index (χ2v) is 6.67. The van der Waals surface area contributed by atoms with Crippen LogP contribution in [-0.2, 0) is 6.42 Å². The van der Waals surface area contributed by atoms with Crippen LogP contribution in [0.3, 0.4) is 0 Å². The number of amides is 1. The fourth-order valence-corrected chi connectivity index (χ4v) is 3.21. The van der Waals surface area contributed by atoms with Gasteiger partial charge >= 0.3 is 0 Å². The Labute approximate surface area is 164 Å². The topological polar surface area (TPSA) is 58.4 Å². The van der Waals surface area contributed by atoms with E-state index in [2.05, 4.69) is 22.5 Å². The molecule has 0 saturated carbocycles. The smallest absolute Gasteiger partial charge is 0.257 e. The van der Waals surface area contributed by atoms with Crippen LogP contribution in [0.2, 0.25) is 0 Å². The van der Waals surface area contributed by atoms with Gasteiger partial charge in [0.15, 0.2) is 0 Å². The van der Waals surface area contributed by atoms with Gasteiger partial charge in [0.2, 0.25) is 0 Å². The van der Waals surface area contributed by atoms with Crippen LogP contribution in [0.25, 0.3) is 5.65 Å². The highest BCUT2D eigenvalue weighted by molar-refractivity contribution is 6.04. The number of fused-ring (bicyclic) bond motifs is 1. The number of anilines is 3. The van der Waals surface area contributed by atoms with Gasteiger partial charge in [-0.1, -0.05) is 25.1 Å². The molecule has 0 aliphatic carbocycles. The third-order valence-electron chi connectivity index (χ3n) is 4.76. The Hall–Kier alpha value is -3.60. The highest BCUT2D eigenvalue weighted by Gasteiger charge is 2.11. The Balaban J connectivity index is 1.48. The summed E-state index contributed by atoms with van der Waals surface area (Å²) in [4.78, 5) is 17.2.